The van der Waals surface area contributed by atoms with Crippen LogP contribution in [0.15, 0.2) is 17.5 Å². The standard InChI is InChI=1S/C16H19N3O2S2/c1-10-3-4-14(23-10)13-9-22-16(17-13)18-15(21)12-5-7-19(8-6-12)11(2)20/h3-4,9,12H,5-8H2,1-2H3,(H,17,18,21). The first-order chi connectivity index (χ1) is 11.0. The van der Waals surface area contributed by atoms with Crippen LogP contribution < -0.4 is 5.32 Å². The highest BCUT2D eigenvalue weighted by molar-refractivity contribution is 7.17. The van der Waals surface area contributed by atoms with Crippen LogP contribution in [0, 0.1) is 12.8 Å². The molecule has 2 amide bonds. The maximum Gasteiger partial charge on any atom is 0.229 e. The molecule has 0 aromatic carbocycles. The van der Waals surface area contributed by atoms with E-state index >= 15 is 0 Å². The van der Waals surface area contributed by atoms with Crippen LogP contribution in [0.5, 0.6) is 0 Å². The number of nitrogens with one attached hydrogen (secondary N) is 1. The Bertz CT molecular complexity index is 714. The van der Waals surface area contributed by atoms with Gasteiger partial charge in [-0.05, 0) is 31.9 Å². The topological polar surface area (TPSA) is 62.3 Å². The summed E-state index contributed by atoms with van der Waals surface area (Å²) in [6.07, 6.45) is 1.43. The zero-order valence-corrected chi connectivity index (χ0v) is 14.8. The molecule has 0 radical (unpaired) electrons. The number of piperidine rings is 1. The minimum Gasteiger partial charge on any atom is -0.343 e. The van der Waals surface area contributed by atoms with Gasteiger partial charge in [-0.15, -0.1) is 22.7 Å². The number of carbonyl (C=O) groups is 2. The number of carbonyl (C=O) groups excluding carboxylic acids is 2. The fourth-order valence-corrected chi connectivity index (χ4v) is 4.30. The fraction of sp³-hybridized carbons (Fsp3) is 0.438. The summed E-state index contributed by atoms with van der Waals surface area (Å²) in [6.45, 7) is 4.95. The number of thiophene rings is 1. The Kier molecular flexibility index (Phi) is 4.77. The molecule has 5 nitrogen and oxygen atoms in total. The van der Waals surface area contributed by atoms with Gasteiger partial charge in [0.25, 0.3) is 0 Å². The van der Waals surface area contributed by atoms with Gasteiger partial charge in [-0.2, -0.15) is 0 Å². The first kappa shape index (κ1) is 16.1. The molecular weight excluding hydrogens is 330 g/mol. The first-order valence-corrected chi connectivity index (χ1v) is 9.31. The number of hydrogen-bond donors (Lipinski definition) is 1. The molecule has 0 aliphatic carbocycles. The number of nitrogens with zero attached hydrogens (tertiary/aromatic N) is 2. The van der Waals surface area contributed by atoms with E-state index in [0.717, 1.165) is 10.6 Å². The molecule has 0 spiro atoms. The van der Waals surface area contributed by atoms with Crippen molar-refractivity contribution in [3.63, 3.8) is 0 Å². The van der Waals surface area contributed by atoms with Crippen LogP contribution in [0.3, 0.4) is 0 Å². The SMILES string of the molecule is CC(=O)N1CCC(C(=O)Nc2nc(-c3ccc(C)s3)cs2)CC1. The molecule has 1 saturated heterocycles. The zero-order valence-electron chi connectivity index (χ0n) is 13.2. The van der Waals surface area contributed by atoms with Crippen LogP contribution in [0.25, 0.3) is 10.6 Å². The van der Waals surface area contributed by atoms with E-state index < -0.39 is 0 Å². The van der Waals surface area contributed by atoms with Gasteiger partial charge in [-0.3, -0.25) is 9.59 Å². The van der Waals surface area contributed by atoms with Gasteiger partial charge >= 0.3 is 0 Å². The van der Waals surface area contributed by atoms with E-state index in [4.69, 9.17) is 0 Å². The Morgan fingerprint density at radius 2 is 2.04 bits per heavy atom. The highest BCUT2D eigenvalue weighted by Gasteiger charge is 2.26. The van der Waals surface area contributed by atoms with Crippen molar-refractivity contribution < 1.29 is 9.59 Å². The van der Waals surface area contributed by atoms with Gasteiger partial charge in [0.2, 0.25) is 11.8 Å². The number of anilines is 1. The van der Waals surface area contributed by atoms with Gasteiger partial charge in [-0.25, -0.2) is 4.98 Å². The number of likely N-dealkylation sites (tertiary alicyclic amines) is 1. The largest absolute Gasteiger partial charge is 0.343 e. The van der Waals surface area contributed by atoms with E-state index in [1.807, 2.05) is 5.38 Å². The third-order valence-corrected chi connectivity index (χ3v) is 5.82. The van der Waals surface area contributed by atoms with Crippen LogP contribution >= 0.6 is 22.7 Å². The van der Waals surface area contributed by atoms with Gasteiger partial charge < -0.3 is 10.2 Å². The third kappa shape index (κ3) is 3.79. The molecule has 3 rings (SSSR count). The molecule has 23 heavy (non-hydrogen) atoms. The van der Waals surface area contributed by atoms with Gasteiger partial charge in [0, 0.05) is 36.2 Å². The first-order valence-electron chi connectivity index (χ1n) is 7.61. The highest BCUT2D eigenvalue weighted by Crippen LogP contribution is 2.30. The Morgan fingerprint density at radius 1 is 1.30 bits per heavy atom. The summed E-state index contributed by atoms with van der Waals surface area (Å²) < 4.78 is 0. The van der Waals surface area contributed by atoms with E-state index in [0.29, 0.717) is 31.1 Å². The van der Waals surface area contributed by atoms with Crippen molar-refractivity contribution in [3.8, 4) is 10.6 Å². The van der Waals surface area contributed by atoms with E-state index in [9.17, 15) is 9.59 Å². The second kappa shape index (κ2) is 6.80. The monoisotopic (exact) mass is 349 g/mol. The molecule has 2 aromatic heterocycles. The Balaban J connectivity index is 1.58. The van der Waals surface area contributed by atoms with Crippen molar-refractivity contribution >= 4 is 39.6 Å². The summed E-state index contributed by atoms with van der Waals surface area (Å²) >= 11 is 3.15. The molecule has 0 saturated carbocycles. The van der Waals surface area contributed by atoms with Crippen molar-refractivity contribution in [1.82, 2.24) is 9.88 Å². The Morgan fingerprint density at radius 3 is 2.65 bits per heavy atom. The number of amides is 2. The smallest absolute Gasteiger partial charge is 0.229 e. The molecule has 0 bridgehead atoms. The van der Waals surface area contributed by atoms with Gasteiger partial charge in [0.1, 0.15) is 0 Å². The molecule has 122 valence electrons. The molecule has 0 atom stereocenters. The molecule has 1 aliphatic heterocycles. The van der Waals surface area contributed by atoms with E-state index in [1.165, 1.54) is 16.2 Å². The normalized spacial score (nSPS) is 15.7. The number of aryl methyl sites for hydroxylation is 1. The van der Waals surface area contributed by atoms with E-state index in [2.05, 4.69) is 29.4 Å². The lowest BCUT2D eigenvalue weighted by Crippen LogP contribution is -2.40. The lowest BCUT2D eigenvalue weighted by molar-refractivity contribution is -0.132. The van der Waals surface area contributed by atoms with E-state index in [1.54, 1.807) is 23.2 Å². The van der Waals surface area contributed by atoms with Gasteiger partial charge in [0.15, 0.2) is 5.13 Å². The Hall–Kier alpha value is -1.73. The molecule has 7 heteroatoms. The predicted molar refractivity (Wildman–Crippen MR) is 93.8 cm³/mol. The summed E-state index contributed by atoms with van der Waals surface area (Å²) in [5.74, 6) is 0.0538. The van der Waals surface area contributed by atoms with Crippen molar-refractivity contribution in [2.45, 2.75) is 26.7 Å². The van der Waals surface area contributed by atoms with Gasteiger partial charge in [-0.1, -0.05) is 0 Å². The number of hydrogen-bond acceptors (Lipinski definition) is 5. The quantitative estimate of drug-likeness (QED) is 0.924. The fourth-order valence-electron chi connectivity index (χ4n) is 2.68. The molecule has 0 unspecified atom stereocenters. The number of thiazole rings is 1. The van der Waals surface area contributed by atoms with Crippen molar-refractivity contribution in [3.05, 3.63) is 22.4 Å². The maximum atomic E-state index is 12.3. The number of rotatable bonds is 3. The molecule has 3 heterocycles. The molecule has 2 aromatic rings. The summed E-state index contributed by atoms with van der Waals surface area (Å²) in [6, 6.07) is 4.12. The minimum atomic E-state index is -0.0399. The zero-order chi connectivity index (χ0) is 16.4. The molecular formula is C16H19N3O2S2. The summed E-state index contributed by atoms with van der Waals surface area (Å²) in [4.78, 5) is 32.3. The van der Waals surface area contributed by atoms with Crippen molar-refractivity contribution in [2.24, 2.45) is 5.92 Å². The third-order valence-electron chi connectivity index (χ3n) is 4.04. The van der Waals surface area contributed by atoms with Crippen molar-refractivity contribution in [2.75, 3.05) is 18.4 Å². The highest BCUT2D eigenvalue weighted by atomic mass is 32.1. The van der Waals surface area contributed by atoms with E-state index in [-0.39, 0.29) is 17.7 Å². The van der Waals surface area contributed by atoms with Crippen LogP contribution in [0.1, 0.15) is 24.6 Å². The average molecular weight is 349 g/mol. The van der Waals surface area contributed by atoms with Crippen molar-refractivity contribution in [1.29, 1.82) is 0 Å². The van der Waals surface area contributed by atoms with Crippen LogP contribution in [0.2, 0.25) is 0 Å². The molecule has 1 fully saturated rings. The molecule has 1 aliphatic rings. The molecule has 1 N–H and O–H groups in total. The number of aromatic nitrogens is 1. The van der Waals surface area contributed by atoms with Crippen LogP contribution in [-0.2, 0) is 9.59 Å². The lowest BCUT2D eigenvalue weighted by Gasteiger charge is -2.30. The maximum absolute atomic E-state index is 12.3. The predicted octanol–water partition coefficient (Wildman–Crippen LogP) is 3.38. The average Bonchev–Trinajstić information content (AvgIpc) is 3.16. The van der Waals surface area contributed by atoms with Crippen LogP contribution in [-0.4, -0.2) is 34.8 Å². The minimum absolute atomic E-state index is 0.0106. The Labute approximate surface area is 143 Å². The van der Waals surface area contributed by atoms with Gasteiger partial charge in [0.05, 0.1) is 10.6 Å². The second-order valence-electron chi connectivity index (χ2n) is 5.72. The summed E-state index contributed by atoms with van der Waals surface area (Å²) in [5.41, 5.74) is 0.912. The lowest BCUT2D eigenvalue weighted by atomic mass is 9.96. The summed E-state index contributed by atoms with van der Waals surface area (Å²) in [7, 11) is 0. The second-order valence-corrected chi connectivity index (χ2v) is 7.86. The van der Waals surface area contributed by atoms with Crippen LogP contribution in [0.4, 0.5) is 5.13 Å². The summed E-state index contributed by atoms with van der Waals surface area (Å²) in [5, 5.41) is 5.54.